The number of rotatable bonds is 8. The SMILES string of the molecule is Cc1ccc(N(c2ccc(-c3ccccc3)cc2)c2ccc3c(c2)C(C)(C)c2cc(N(c4ccc(-c5ccccc5)cc4)c4ccc(C)nc4)c4ccccc4c2-3)cn1. The molecule has 0 saturated carbocycles. The molecule has 0 bridgehead atoms. The summed E-state index contributed by atoms with van der Waals surface area (Å²) in [5, 5.41) is 2.43. The molecule has 2 aromatic heterocycles. The van der Waals surface area contributed by atoms with Crippen LogP contribution >= 0.6 is 0 Å². The van der Waals surface area contributed by atoms with E-state index in [9.17, 15) is 0 Å². The van der Waals surface area contributed by atoms with Crippen LogP contribution in [0.4, 0.5) is 34.1 Å². The van der Waals surface area contributed by atoms with Crippen molar-refractivity contribution in [2.24, 2.45) is 0 Å². The van der Waals surface area contributed by atoms with Gasteiger partial charge in [0.05, 0.1) is 29.5 Å². The number of hydrogen-bond donors (Lipinski definition) is 0. The molecule has 4 heteroatoms. The van der Waals surface area contributed by atoms with Crippen molar-refractivity contribution >= 4 is 44.9 Å². The highest BCUT2D eigenvalue weighted by atomic mass is 15.2. The van der Waals surface area contributed by atoms with E-state index in [-0.39, 0.29) is 5.41 Å². The average molecular weight is 761 g/mol. The van der Waals surface area contributed by atoms with Crippen LogP contribution in [-0.4, -0.2) is 9.97 Å². The molecule has 0 radical (unpaired) electrons. The zero-order chi connectivity index (χ0) is 40.1. The van der Waals surface area contributed by atoms with Crippen molar-refractivity contribution in [3.05, 3.63) is 217 Å². The van der Waals surface area contributed by atoms with Crippen LogP contribution in [0.25, 0.3) is 44.2 Å². The van der Waals surface area contributed by atoms with Gasteiger partial charge in [-0.3, -0.25) is 9.97 Å². The van der Waals surface area contributed by atoms with Gasteiger partial charge in [-0.05, 0) is 130 Å². The molecule has 0 unspecified atom stereocenters. The Morgan fingerprint density at radius 1 is 0.390 bits per heavy atom. The monoisotopic (exact) mass is 760 g/mol. The molecule has 1 aliphatic rings. The van der Waals surface area contributed by atoms with Gasteiger partial charge in [0.2, 0.25) is 0 Å². The number of aryl methyl sites for hydroxylation is 2. The van der Waals surface area contributed by atoms with E-state index in [0.717, 1.165) is 45.5 Å². The van der Waals surface area contributed by atoms with Crippen LogP contribution in [-0.2, 0) is 5.41 Å². The van der Waals surface area contributed by atoms with Crippen molar-refractivity contribution in [2.45, 2.75) is 33.1 Å². The Hall–Kier alpha value is -7.30. The van der Waals surface area contributed by atoms with Gasteiger partial charge in [0, 0.05) is 39.3 Å². The first-order valence-electron chi connectivity index (χ1n) is 20.3. The molecular formula is C55H44N4. The van der Waals surface area contributed by atoms with Gasteiger partial charge < -0.3 is 9.80 Å². The fourth-order valence-electron chi connectivity index (χ4n) is 8.80. The number of benzene rings is 7. The van der Waals surface area contributed by atoms with Crippen molar-refractivity contribution in [3.63, 3.8) is 0 Å². The third-order valence-corrected chi connectivity index (χ3v) is 11.9. The summed E-state index contributed by atoms with van der Waals surface area (Å²) in [6, 6.07) is 65.8. The zero-order valence-corrected chi connectivity index (χ0v) is 33.8. The lowest BCUT2D eigenvalue weighted by Crippen LogP contribution is -2.18. The van der Waals surface area contributed by atoms with E-state index in [1.54, 1.807) is 0 Å². The molecule has 0 spiro atoms. The van der Waals surface area contributed by atoms with Crippen LogP contribution in [0.2, 0.25) is 0 Å². The van der Waals surface area contributed by atoms with E-state index in [1.807, 2.05) is 26.2 Å². The summed E-state index contributed by atoms with van der Waals surface area (Å²) < 4.78 is 0. The average Bonchev–Trinajstić information content (AvgIpc) is 3.51. The predicted octanol–water partition coefficient (Wildman–Crippen LogP) is 14.8. The molecule has 0 aliphatic heterocycles. The van der Waals surface area contributed by atoms with Crippen LogP contribution < -0.4 is 9.80 Å². The van der Waals surface area contributed by atoms with E-state index < -0.39 is 0 Å². The fraction of sp³-hybridized carbons (Fsp3) is 0.0909. The van der Waals surface area contributed by atoms with Gasteiger partial charge in [-0.15, -0.1) is 0 Å². The van der Waals surface area contributed by atoms with E-state index in [2.05, 4.69) is 206 Å². The van der Waals surface area contributed by atoms with Gasteiger partial charge in [-0.1, -0.05) is 129 Å². The normalized spacial score (nSPS) is 12.5. The zero-order valence-electron chi connectivity index (χ0n) is 33.8. The number of nitrogens with zero attached hydrogens (tertiary/aromatic N) is 4. The summed E-state index contributed by atoms with van der Waals surface area (Å²) >= 11 is 0. The minimum absolute atomic E-state index is 0.303. The molecule has 284 valence electrons. The Balaban J connectivity index is 1.12. The molecule has 0 amide bonds. The molecule has 0 saturated heterocycles. The Bertz CT molecular complexity index is 2940. The first kappa shape index (κ1) is 36.1. The highest BCUT2D eigenvalue weighted by molar-refractivity contribution is 6.10. The van der Waals surface area contributed by atoms with Gasteiger partial charge in [-0.2, -0.15) is 0 Å². The Labute approximate surface area is 346 Å². The molecule has 0 N–H and O–H groups in total. The molecule has 9 aromatic rings. The van der Waals surface area contributed by atoms with Crippen LogP contribution in [0.3, 0.4) is 0 Å². The second-order valence-corrected chi connectivity index (χ2v) is 16.0. The molecule has 2 heterocycles. The van der Waals surface area contributed by atoms with Crippen molar-refractivity contribution in [3.8, 4) is 33.4 Å². The largest absolute Gasteiger partial charge is 0.309 e. The lowest BCUT2D eigenvalue weighted by Gasteiger charge is -2.30. The fourth-order valence-corrected chi connectivity index (χ4v) is 8.80. The first-order chi connectivity index (χ1) is 28.8. The summed E-state index contributed by atoms with van der Waals surface area (Å²) in [6.07, 6.45) is 3.98. The number of aromatic nitrogens is 2. The van der Waals surface area contributed by atoms with E-state index in [4.69, 9.17) is 9.97 Å². The number of hydrogen-bond acceptors (Lipinski definition) is 4. The maximum Gasteiger partial charge on any atom is 0.0645 e. The highest BCUT2D eigenvalue weighted by Gasteiger charge is 2.38. The van der Waals surface area contributed by atoms with Crippen molar-refractivity contribution in [1.29, 1.82) is 0 Å². The number of anilines is 6. The minimum Gasteiger partial charge on any atom is -0.309 e. The maximum absolute atomic E-state index is 4.78. The lowest BCUT2D eigenvalue weighted by molar-refractivity contribution is 0.661. The maximum atomic E-state index is 4.78. The minimum atomic E-state index is -0.303. The summed E-state index contributed by atoms with van der Waals surface area (Å²) in [6.45, 7) is 8.82. The van der Waals surface area contributed by atoms with Gasteiger partial charge in [0.25, 0.3) is 0 Å². The molecular weight excluding hydrogens is 717 g/mol. The van der Waals surface area contributed by atoms with Crippen LogP contribution in [0.5, 0.6) is 0 Å². The van der Waals surface area contributed by atoms with Gasteiger partial charge in [0.1, 0.15) is 0 Å². The second kappa shape index (κ2) is 14.6. The quantitative estimate of drug-likeness (QED) is 0.154. The Morgan fingerprint density at radius 3 is 1.39 bits per heavy atom. The standard InChI is InChI=1S/C55H44N4/c1-37-19-25-46(35-56-37)58(43-27-21-41(22-28-43)39-13-7-5-8-14-39)45-31-32-50-51(33-45)55(3,4)52-34-53(48-17-11-12-18-49(48)54(50)52)59(47-26-20-38(2)57-36-47)44-29-23-42(24-30-44)40-15-9-6-10-16-40/h5-36H,1-4H3. The molecule has 59 heavy (non-hydrogen) atoms. The molecule has 7 aromatic carbocycles. The van der Waals surface area contributed by atoms with E-state index in [0.29, 0.717) is 0 Å². The third-order valence-electron chi connectivity index (χ3n) is 11.9. The van der Waals surface area contributed by atoms with Crippen molar-refractivity contribution in [2.75, 3.05) is 9.80 Å². The highest BCUT2D eigenvalue weighted by Crippen LogP contribution is 2.55. The smallest absolute Gasteiger partial charge is 0.0645 e. The van der Waals surface area contributed by atoms with E-state index in [1.165, 1.54) is 55.3 Å². The molecule has 4 nitrogen and oxygen atoms in total. The van der Waals surface area contributed by atoms with Crippen LogP contribution in [0.1, 0.15) is 36.4 Å². The number of pyridine rings is 2. The summed E-state index contributed by atoms with van der Waals surface area (Å²) in [7, 11) is 0. The van der Waals surface area contributed by atoms with Crippen LogP contribution in [0, 0.1) is 13.8 Å². The second-order valence-electron chi connectivity index (χ2n) is 16.0. The topological polar surface area (TPSA) is 32.3 Å². The summed E-state index contributed by atoms with van der Waals surface area (Å²) in [5.41, 5.74) is 18.0. The van der Waals surface area contributed by atoms with Crippen molar-refractivity contribution in [1.82, 2.24) is 9.97 Å². The third kappa shape index (κ3) is 6.43. The van der Waals surface area contributed by atoms with Crippen molar-refractivity contribution < 1.29 is 0 Å². The van der Waals surface area contributed by atoms with E-state index >= 15 is 0 Å². The van der Waals surface area contributed by atoms with Gasteiger partial charge >= 0.3 is 0 Å². The Morgan fingerprint density at radius 2 is 0.847 bits per heavy atom. The first-order valence-corrected chi connectivity index (χ1v) is 20.3. The Kier molecular flexibility index (Phi) is 8.91. The summed E-state index contributed by atoms with van der Waals surface area (Å²) in [5.74, 6) is 0. The molecule has 0 atom stereocenters. The predicted molar refractivity (Wildman–Crippen MR) is 247 cm³/mol. The molecule has 1 aliphatic carbocycles. The van der Waals surface area contributed by atoms with Crippen LogP contribution in [0.15, 0.2) is 194 Å². The molecule has 0 fully saturated rings. The lowest BCUT2D eigenvalue weighted by atomic mass is 9.81. The van der Waals surface area contributed by atoms with Gasteiger partial charge in [-0.25, -0.2) is 0 Å². The van der Waals surface area contributed by atoms with Gasteiger partial charge in [0.15, 0.2) is 0 Å². The number of fused-ring (bicyclic) bond motifs is 5. The molecule has 10 rings (SSSR count). The summed E-state index contributed by atoms with van der Waals surface area (Å²) in [4.78, 5) is 14.2.